The SMILES string of the molecule is CS(=O)(=O)CCNc1ccc2c(C3CCN(C(=O)O)CC3)ncnc2c1. The smallest absolute Gasteiger partial charge is 0.407 e. The molecule has 1 aliphatic heterocycles. The molecular weight excluding hydrogens is 356 g/mol. The van der Waals surface area contributed by atoms with Gasteiger partial charge in [0.1, 0.15) is 16.2 Å². The molecule has 26 heavy (non-hydrogen) atoms. The minimum atomic E-state index is -3.00. The molecular formula is C17H22N4O4S. The number of sulfone groups is 1. The average molecular weight is 378 g/mol. The number of carbonyl (C=O) groups is 1. The van der Waals surface area contributed by atoms with Crippen LogP contribution in [0.25, 0.3) is 10.9 Å². The van der Waals surface area contributed by atoms with E-state index in [-0.39, 0.29) is 11.7 Å². The molecule has 0 saturated carbocycles. The highest BCUT2D eigenvalue weighted by Gasteiger charge is 2.25. The number of nitrogens with zero attached hydrogens (tertiary/aromatic N) is 3. The zero-order valence-corrected chi connectivity index (χ0v) is 15.4. The van der Waals surface area contributed by atoms with Gasteiger partial charge in [0, 0.05) is 42.9 Å². The van der Waals surface area contributed by atoms with Gasteiger partial charge in [0.05, 0.1) is 17.0 Å². The van der Waals surface area contributed by atoms with Crippen molar-refractivity contribution in [1.29, 1.82) is 0 Å². The van der Waals surface area contributed by atoms with Gasteiger partial charge in [-0.3, -0.25) is 0 Å². The van der Waals surface area contributed by atoms with Crippen molar-refractivity contribution in [3.05, 3.63) is 30.2 Å². The summed E-state index contributed by atoms with van der Waals surface area (Å²) in [5, 5.41) is 13.1. The first-order valence-corrected chi connectivity index (χ1v) is 10.5. The number of likely N-dealkylation sites (tertiary alicyclic amines) is 1. The van der Waals surface area contributed by atoms with E-state index in [9.17, 15) is 13.2 Å². The molecule has 1 amide bonds. The Kier molecular flexibility index (Phi) is 5.26. The topological polar surface area (TPSA) is 112 Å². The van der Waals surface area contributed by atoms with Crippen LogP contribution in [-0.2, 0) is 9.84 Å². The summed E-state index contributed by atoms with van der Waals surface area (Å²) in [6, 6.07) is 5.72. The van der Waals surface area contributed by atoms with Gasteiger partial charge >= 0.3 is 6.09 Å². The van der Waals surface area contributed by atoms with E-state index >= 15 is 0 Å². The van der Waals surface area contributed by atoms with E-state index in [0.29, 0.717) is 19.6 Å². The Labute approximate surface area is 152 Å². The highest BCUT2D eigenvalue weighted by Crippen LogP contribution is 2.31. The standard InChI is InChI=1S/C17H22N4O4S/c1-26(24,25)9-6-18-13-2-3-14-15(10-13)19-11-20-16(14)12-4-7-21(8-5-12)17(22)23/h2-3,10-12,18H,4-9H2,1H3,(H,22,23). The zero-order valence-electron chi connectivity index (χ0n) is 14.6. The van der Waals surface area contributed by atoms with Crippen molar-refractivity contribution in [3.8, 4) is 0 Å². The zero-order chi connectivity index (χ0) is 18.7. The minimum Gasteiger partial charge on any atom is -0.465 e. The predicted octanol–water partition coefficient (Wildman–Crippen LogP) is 1.94. The molecule has 1 aromatic carbocycles. The lowest BCUT2D eigenvalue weighted by Crippen LogP contribution is -2.37. The van der Waals surface area contributed by atoms with E-state index < -0.39 is 15.9 Å². The highest BCUT2D eigenvalue weighted by molar-refractivity contribution is 7.90. The van der Waals surface area contributed by atoms with Crippen molar-refractivity contribution < 1.29 is 18.3 Å². The van der Waals surface area contributed by atoms with Crippen LogP contribution in [-0.4, -0.2) is 66.1 Å². The molecule has 2 aromatic rings. The number of benzene rings is 1. The molecule has 140 valence electrons. The van der Waals surface area contributed by atoms with Crippen molar-refractivity contribution in [2.24, 2.45) is 0 Å². The lowest BCUT2D eigenvalue weighted by Gasteiger charge is -2.30. The van der Waals surface area contributed by atoms with Crippen LogP contribution in [0, 0.1) is 0 Å². The number of fused-ring (bicyclic) bond motifs is 1. The number of aromatic nitrogens is 2. The number of rotatable bonds is 5. The Hall–Kier alpha value is -2.42. The average Bonchev–Trinajstić information content (AvgIpc) is 2.60. The van der Waals surface area contributed by atoms with Crippen molar-refractivity contribution in [3.63, 3.8) is 0 Å². The summed E-state index contributed by atoms with van der Waals surface area (Å²) < 4.78 is 22.4. The lowest BCUT2D eigenvalue weighted by atomic mass is 9.91. The molecule has 1 saturated heterocycles. The summed E-state index contributed by atoms with van der Waals surface area (Å²) in [4.78, 5) is 21.3. The van der Waals surface area contributed by atoms with Crippen LogP contribution in [0.4, 0.5) is 10.5 Å². The van der Waals surface area contributed by atoms with Gasteiger partial charge in [-0.2, -0.15) is 0 Å². The van der Waals surface area contributed by atoms with Gasteiger partial charge in [0.15, 0.2) is 0 Å². The summed E-state index contributed by atoms with van der Waals surface area (Å²) in [5.41, 5.74) is 2.55. The molecule has 0 aliphatic carbocycles. The third-order valence-electron chi connectivity index (χ3n) is 4.62. The number of hydrogen-bond acceptors (Lipinski definition) is 6. The van der Waals surface area contributed by atoms with Crippen molar-refractivity contribution in [2.45, 2.75) is 18.8 Å². The van der Waals surface area contributed by atoms with Crippen LogP contribution in [0.5, 0.6) is 0 Å². The van der Waals surface area contributed by atoms with Gasteiger partial charge in [0.25, 0.3) is 0 Å². The lowest BCUT2D eigenvalue weighted by molar-refractivity contribution is 0.132. The Bertz CT molecular complexity index is 908. The molecule has 3 rings (SSSR count). The Morgan fingerprint density at radius 3 is 2.69 bits per heavy atom. The van der Waals surface area contributed by atoms with Crippen molar-refractivity contribution in [2.75, 3.05) is 37.0 Å². The molecule has 0 unspecified atom stereocenters. The van der Waals surface area contributed by atoms with Crippen LogP contribution >= 0.6 is 0 Å². The molecule has 2 heterocycles. The van der Waals surface area contributed by atoms with E-state index in [1.54, 1.807) is 0 Å². The first kappa shape index (κ1) is 18.4. The second-order valence-corrected chi connectivity index (χ2v) is 8.85. The predicted molar refractivity (Wildman–Crippen MR) is 99.3 cm³/mol. The fourth-order valence-corrected chi connectivity index (χ4v) is 3.71. The normalized spacial score (nSPS) is 16.0. The molecule has 2 N–H and O–H groups in total. The second-order valence-electron chi connectivity index (χ2n) is 6.59. The van der Waals surface area contributed by atoms with E-state index in [2.05, 4.69) is 15.3 Å². The monoisotopic (exact) mass is 378 g/mol. The van der Waals surface area contributed by atoms with Gasteiger partial charge in [-0.15, -0.1) is 0 Å². The Balaban J connectivity index is 1.75. The van der Waals surface area contributed by atoms with Gasteiger partial charge < -0.3 is 15.3 Å². The fourth-order valence-electron chi connectivity index (χ4n) is 3.24. The quantitative estimate of drug-likeness (QED) is 0.817. The molecule has 1 aliphatic rings. The second kappa shape index (κ2) is 7.45. The maximum absolute atomic E-state index is 11.2. The third-order valence-corrected chi connectivity index (χ3v) is 5.57. The number of nitrogens with one attached hydrogen (secondary N) is 1. The van der Waals surface area contributed by atoms with Crippen LogP contribution in [0.1, 0.15) is 24.5 Å². The van der Waals surface area contributed by atoms with Crippen LogP contribution < -0.4 is 5.32 Å². The van der Waals surface area contributed by atoms with E-state index in [4.69, 9.17) is 5.11 Å². The summed E-state index contributed by atoms with van der Waals surface area (Å²) in [6.45, 7) is 1.36. The Morgan fingerprint density at radius 2 is 2.04 bits per heavy atom. The molecule has 1 aromatic heterocycles. The first-order valence-electron chi connectivity index (χ1n) is 8.47. The molecule has 1 fully saturated rings. The van der Waals surface area contributed by atoms with E-state index in [0.717, 1.165) is 35.1 Å². The van der Waals surface area contributed by atoms with Crippen LogP contribution in [0.3, 0.4) is 0 Å². The van der Waals surface area contributed by atoms with Gasteiger partial charge in [-0.1, -0.05) is 0 Å². The summed E-state index contributed by atoms with van der Waals surface area (Å²) in [7, 11) is -3.00. The van der Waals surface area contributed by atoms with E-state index in [1.807, 2.05) is 18.2 Å². The molecule has 9 heteroatoms. The molecule has 8 nitrogen and oxygen atoms in total. The van der Waals surface area contributed by atoms with Crippen LogP contribution in [0.15, 0.2) is 24.5 Å². The molecule has 0 bridgehead atoms. The summed E-state index contributed by atoms with van der Waals surface area (Å²) >= 11 is 0. The maximum atomic E-state index is 11.2. The fraction of sp³-hybridized carbons (Fsp3) is 0.471. The maximum Gasteiger partial charge on any atom is 0.407 e. The van der Waals surface area contributed by atoms with Crippen molar-refractivity contribution in [1.82, 2.24) is 14.9 Å². The van der Waals surface area contributed by atoms with Gasteiger partial charge in [0.2, 0.25) is 0 Å². The Morgan fingerprint density at radius 1 is 1.31 bits per heavy atom. The molecule has 0 spiro atoms. The minimum absolute atomic E-state index is 0.0716. The first-order chi connectivity index (χ1) is 12.3. The summed E-state index contributed by atoms with van der Waals surface area (Å²) in [5.74, 6) is 0.280. The van der Waals surface area contributed by atoms with Crippen LogP contribution in [0.2, 0.25) is 0 Å². The number of anilines is 1. The molecule has 0 atom stereocenters. The number of piperidine rings is 1. The molecule has 0 radical (unpaired) electrons. The van der Waals surface area contributed by atoms with E-state index in [1.165, 1.54) is 17.5 Å². The highest BCUT2D eigenvalue weighted by atomic mass is 32.2. The van der Waals surface area contributed by atoms with Gasteiger partial charge in [-0.05, 0) is 31.0 Å². The number of carboxylic acid groups (broad SMARTS) is 1. The van der Waals surface area contributed by atoms with Gasteiger partial charge in [-0.25, -0.2) is 23.2 Å². The third kappa shape index (κ3) is 4.40. The van der Waals surface area contributed by atoms with Crippen molar-refractivity contribution >= 4 is 32.5 Å². The number of hydrogen-bond donors (Lipinski definition) is 2. The summed E-state index contributed by atoms with van der Waals surface area (Å²) in [6.07, 6.45) is 3.35. The number of amides is 1. The largest absolute Gasteiger partial charge is 0.465 e.